The van der Waals surface area contributed by atoms with E-state index < -0.39 is 5.97 Å². The Morgan fingerprint density at radius 2 is 2.05 bits per heavy atom. The molecule has 0 spiro atoms. The number of rotatable bonds is 8. The Hall–Kier alpha value is -1.66. The minimum atomic E-state index is -0.769. The number of aryl methyl sites for hydroxylation is 1. The Balaban J connectivity index is 0.00000220. The number of carbonyl (C=O) groups is 1. The number of halogens is 1. The molecule has 0 saturated carbocycles. The van der Waals surface area contributed by atoms with Crippen molar-refractivity contribution in [2.75, 3.05) is 6.54 Å². The molecule has 21 heavy (non-hydrogen) atoms. The van der Waals surface area contributed by atoms with Crippen LogP contribution in [0.3, 0.4) is 0 Å². The second-order valence-electron chi connectivity index (χ2n) is 4.70. The SMILES string of the molecule is O=C(O)CCn1cc[n+](CCNCc2ccccc2)c1.[Br-]. The van der Waals surface area contributed by atoms with E-state index in [9.17, 15) is 4.79 Å². The standard InChI is InChI=1S/C15H19N3O2.BrH/c19-15(20)6-8-17-10-11-18(13-17)9-7-16-12-14-4-2-1-3-5-14;/h1-5,10-11,13,16H,6-9,12H2;1H. The lowest BCUT2D eigenvalue weighted by Gasteiger charge is -2.02. The summed E-state index contributed by atoms with van der Waals surface area (Å²) < 4.78 is 3.95. The number of carboxylic acids is 1. The van der Waals surface area contributed by atoms with Crippen molar-refractivity contribution in [3.8, 4) is 0 Å². The quantitative estimate of drug-likeness (QED) is 0.428. The van der Waals surface area contributed by atoms with Gasteiger partial charge in [-0.2, -0.15) is 0 Å². The van der Waals surface area contributed by atoms with Crippen LogP contribution < -0.4 is 26.9 Å². The molecule has 0 unspecified atom stereocenters. The van der Waals surface area contributed by atoms with Crippen molar-refractivity contribution in [1.82, 2.24) is 9.88 Å². The van der Waals surface area contributed by atoms with Crippen molar-refractivity contribution in [1.29, 1.82) is 0 Å². The zero-order valence-corrected chi connectivity index (χ0v) is 13.4. The number of imidazole rings is 1. The molecule has 0 amide bonds. The third kappa shape index (κ3) is 6.55. The van der Waals surface area contributed by atoms with Gasteiger partial charge in [-0.1, -0.05) is 30.3 Å². The molecule has 0 radical (unpaired) electrons. The first-order valence-corrected chi connectivity index (χ1v) is 6.75. The monoisotopic (exact) mass is 353 g/mol. The van der Waals surface area contributed by atoms with E-state index in [2.05, 4.69) is 22.0 Å². The van der Waals surface area contributed by atoms with E-state index >= 15 is 0 Å². The van der Waals surface area contributed by atoms with Crippen molar-refractivity contribution >= 4 is 5.97 Å². The summed E-state index contributed by atoms with van der Waals surface area (Å²) in [4.78, 5) is 10.5. The molecule has 5 nitrogen and oxygen atoms in total. The molecular formula is C15H20BrN3O2. The van der Waals surface area contributed by atoms with Gasteiger partial charge in [-0.05, 0) is 5.56 Å². The summed E-state index contributed by atoms with van der Waals surface area (Å²) in [6, 6.07) is 10.3. The average Bonchev–Trinajstić information content (AvgIpc) is 2.90. The van der Waals surface area contributed by atoms with Crippen LogP contribution in [-0.4, -0.2) is 22.2 Å². The van der Waals surface area contributed by atoms with E-state index in [0.29, 0.717) is 6.54 Å². The molecule has 2 rings (SSSR count). The fraction of sp³-hybridized carbons (Fsp3) is 0.333. The molecular weight excluding hydrogens is 334 g/mol. The van der Waals surface area contributed by atoms with Crippen molar-refractivity contribution in [3.63, 3.8) is 0 Å². The van der Waals surface area contributed by atoms with Gasteiger partial charge in [0.2, 0.25) is 6.33 Å². The fourth-order valence-corrected chi connectivity index (χ4v) is 1.96. The van der Waals surface area contributed by atoms with Gasteiger partial charge in [0.1, 0.15) is 25.5 Å². The lowest BCUT2D eigenvalue weighted by Crippen LogP contribution is -3.00. The number of hydrogen-bond donors (Lipinski definition) is 2. The molecule has 0 saturated heterocycles. The average molecular weight is 354 g/mol. The van der Waals surface area contributed by atoms with Crippen molar-refractivity contribution in [2.45, 2.75) is 26.1 Å². The zero-order valence-electron chi connectivity index (χ0n) is 11.8. The largest absolute Gasteiger partial charge is 1.00 e. The van der Waals surface area contributed by atoms with Crippen LogP contribution >= 0.6 is 0 Å². The van der Waals surface area contributed by atoms with Gasteiger partial charge < -0.3 is 27.4 Å². The predicted octanol–water partition coefficient (Wildman–Crippen LogP) is -1.96. The van der Waals surface area contributed by atoms with Gasteiger partial charge in [-0.25, -0.2) is 9.13 Å². The van der Waals surface area contributed by atoms with Gasteiger partial charge in [-0.3, -0.25) is 4.79 Å². The number of benzene rings is 1. The molecule has 0 aliphatic rings. The number of hydrogen-bond acceptors (Lipinski definition) is 2. The molecule has 2 N–H and O–H groups in total. The Bertz CT molecular complexity index is 543. The van der Waals surface area contributed by atoms with Gasteiger partial charge in [0, 0.05) is 13.1 Å². The number of nitrogens with one attached hydrogen (secondary N) is 1. The van der Waals surface area contributed by atoms with Crippen LogP contribution in [0.1, 0.15) is 12.0 Å². The Morgan fingerprint density at radius 1 is 1.29 bits per heavy atom. The number of carboxylic acid groups (broad SMARTS) is 1. The second kappa shape index (κ2) is 9.31. The van der Waals surface area contributed by atoms with Crippen LogP contribution in [0.25, 0.3) is 0 Å². The zero-order chi connectivity index (χ0) is 14.2. The molecule has 1 aromatic heterocycles. The Labute approximate surface area is 135 Å². The Kier molecular flexibility index (Phi) is 7.71. The summed E-state index contributed by atoms with van der Waals surface area (Å²) in [5.41, 5.74) is 1.27. The first-order valence-electron chi connectivity index (χ1n) is 6.75. The summed E-state index contributed by atoms with van der Waals surface area (Å²) in [5.74, 6) is -0.769. The molecule has 1 heterocycles. The lowest BCUT2D eigenvalue weighted by molar-refractivity contribution is -0.694. The molecule has 0 fully saturated rings. The lowest BCUT2D eigenvalue weighted by atomic mass is 10.2. The van der Waals surface area contributed by atoms with Crippen molar-refractivity contribution < 1.29 is 31.4 Å². The van der Waals surface area contributed by atoms with Crippen LogP contribution in [0.5, 0.6) is 0 Å². The maximum absolute atomic E-state index is 10.5. The normalized spacial score (nSPS) is 10.1. The molecule has 0 atom stereocenters. The molecule has 1 aromatic carbocycles. The predicted molar refractivity (Wildman–Crippen MR) is 75.0 cm³/mol. The maximum Gasteiger partial charge on any atom is 0.307 e. The molecule has 114 valence electrons. The smallest absolute Gasteiger partial charge is 0.307 e. The first-order chi connectivity index (χ1) is 9.74. The van der Waals surface area contributed by atoms with Gasteiger partial charge in [0.15, 0.2) is 0 Å². The van der Waals surface area contributed by atoms with Gasteiger partial charge in [0.05, 0.1) is 6.42 Å². The highest BCUT2D eigenvalue weighted by molar-refractivity contribution is 5.66. The molecule has 0 aliphatic carbocycles. The minimum Gasteiger partial charge on any atom is -1.00 e. The molecule has 2 aromatic rings. The van der Waals surface area contributed by atoms with Crippen LogP contribution in [0, 0.1) is 0 Å². The van der Waals surface area contributed by atoms with Crippen LogP contribution in [-0.2, 0) is 24.4 Å². The van der Waals surface area contributed by atoms with E-state index in [0.717, 1.165) is 19.6 Å². The number of nitrogens with zero attached hydrogens (tertiary/aromatic N) is 2. The van der Waals surface area contributed by atoms with Crippen molar-refractivity contribution in [2.24, 2.45) is 0 Å². The van der Waals surface area contributed by atoms with Crippen LogP contribution in [0.2, 0.25) is 0 Å². The Morgan fingerprint density at radius 3 is 2.76 bits per heavy atom. The second-order valence-corrected chi connectivity index (χ2v) is 4.70. The highest BCUT2D eigenvalue weighted by Gasteiger charge is 2.05. The van der Waals surface area contributed by atoms with Gasteiger partial charge in [0.25, 0.3) is 0 Å². The molecule has 0 bridgehead atoms. The summed E-state index contributed by atoms with van der Waals surface area (Å²) in [6.45, 7) is 3.12. The van der Waals surface area contributed by atoms with E-state index in [1.54, 1.807) is 0 Å². The number of aliphatic carboxylic acids is 1. The van der Waals surface area contributed by atoms with E-state index in [-0.39, 0.29) is 23.4 Å². The van der Waals surface area contributed by atoms with E-state index in [1.165, 1.54) is 5.56 Å². The van der Waals surface area contributed by atoms with E-state index in [4.69, 9.17) is 5.11 Å². The fourth-order valence-electron chi connectivity index (χ4n) is 1.96. The molecule has 0 aliphatic heterocycles. The van der Waals surface area contributed by atoms with Crippen LogP contribution in [0.15, 0.2) is 49.1 Å². The summed E-state index contributed by atoms with van der Waals surface area (Å²) in [6.07, 6.45) is 5.96. The third-order valence-corrected chi connectivity index (χ3v) is 3.05. The summed E-state index contributed by atoms with van der Waals surface area (Å²) >= 11 is 0. The van der Waals surface area contributed by atoms with Crippen molar-refractivity contribution in [3.05, 3.63) is 54.6 Å². The topological polar surface area (TPSA) is 58.1 Å². The van der Waals surface area contributed by atoms with Gasteiger partial charge >= 0.3 is 5.97 Å². The van der Waals surface area contributed by atoms with Crippen LogP contribution in [0.4, 0.5) is 0 Å². The first kappa shape index (κ1) is 17.4. The highest BCUT2D eigenvalue weighted by atomic mass is 79.9. The minimum absolute atomic E-state index is 0. The summed E-state index contributed by atoms with van der Waals surface area (Å²) in [7, 11) is 0. The number of aromatic nitrogens is 2. The highest BCUT2D eigenvalue weighted by Crippen LogP contribution is 1.96. The van der Waals surface area contributed by atoms with E-state index in [1.807, 2.05) is 41.5 Å². The third-order valence-electron chi connectivity index (χ3n) is 3.05. The van der Waals surface area contributed by atoms with Gasteiger partial charge in [-0.15, -0.1) is 0 Å². The maximum atomic E-state index is 10.5. The summed E-state index contributed by atoms with van der Waals surface area (Å²) in [5, 5.41) is 12.0. The molecule has 6 heteroatoms.